The summed E-state index contributed by atoms with van der Waals surface area (Å²) in [6.45, 7) is 0.596. The Morgan fingerprint density at radius 2 is 1.37 bits per heavy atom. The second kappa shape index (κ2) is 18.7. The fourth-order valence-electron chi connectivity index (χ4n) is 6.07. The fraction of sp³-hybridized carbons (Fsp3) is 0.238. The Labute approximate surface area is 305 Å². The summed E-state index contributed by atoms with van der Waals surface area (Å²) in [5, 5.41) is 15.9. The number of para-hydroxylation sites is 1. The zero-order valence-electron chi connectivity index (χ0n) is 28.8. The van der Waals surface area contributed by atoms with Crippen LogP contribution in [0.4, 0.5) is 11.4 Å². The van der Waals surface area contributed by atoms with Gasteiger partial charge in [0.2, 0.25) is 11.8 Å². The molecule has 0 radical (unpaired) electrons. The molecule has 3 atom stereocenters. The number of methoxy groups -OCH3 is 1. The van der Waals surface area contributed by atoms with E-state index >= 15 is 0 Å². The van der Waals surface area contributed by atoms with Crippen LogP contribution in [0.25, 0.3) is 0 Å². The normalized spacial score (nSPS) is 12.7. The summed E-state index contributed by atoms with van der Waals surface area (Å²) in [5.74, 6) is 0.0507. The van der Waals surface area contributed by atoms with Crippen LogP contribution in [0.5, 0.6) is 5.75 Å². The van der Waals surface area contributed by atoms with Crippen LogP contribution in [-0.4, -0.2) is 42.7 Å². The molecule has 5 aromatic carbocycles. The van der Waals surface area contributed by atoms with Crippen molar-refractivity contribution in [2.45, 2.75) is 50.4 Å². The summed E-state index contributed by atoms with van der Waals surface area (Å²) in [6.07, 6.45) is 2.11. The van der Waals surface area contributed by atoms with E-state index in [1.54, 1.807) is 43.5 Å². The molecule has 3 unspecified atom stereocenters. The third-order valence-electron chi connectivity index (χ3n) is 8.83. The number of hydrogen-bond acceptors (Lipinski definition) is 6. The second-order valence-corrected chi connectivity index (χ2v) is 12.9. The lowest BCUT2D eigenvalue weighted by molar-refractivity contribution is -0.127. The SMILES string of the molecule is COc1ccc(C(c2ccccc2)N(CCCCC(NC(=O)C(N)Cc2ccc(Cl)cc2)C(=O)Nc2ccc(CO)cc2)c2ccccc2)cc1. The van der Waals surface area contributed by atoms with E-state index in [4.69, 9.17) is 22.1 Å². The van der Waals surface area contributed by atoms with Crippen molar-refractivity contribution < 1.29 is 19.4 Å². The molecule has 0 aromatic heterocycles. The predicted octanol–water partition coefficient (Wildman–Crippen LogP) is 7.30. The van der Waals surface area contributed by atoms with Crippen LogP contribution < -0.4 is 26.0 Å². The Hall–Kier alpha value is -5.15. The van der Waals surface area contributed by atoms with Crippen molar-refractivity contribution in [2.24, 2.45) is 5.73 Å². The zero-order valence-corrected chi connectivity index (χ0v) is 29.5. The lowest BCUT2D eigenvalue weighted by Crippen LogP contribution is -2.50. The van der Waals surface area contributed by atoms with E-state index < -0.39 is 18.0 Å². The Bertz CT molecular complexity index is 1810. The fourth-order valence-corrected chi connectivity index (χ4v) is 6.19. The van der Waals surface area contributed by atoms with Gasteiger partial charge in [-0.15, -0.1) is 0 Å². The quantitative estimate of drug-likeness (QED) is 0.0755. The first kappa shape index (κ1) is 37.1. The number of carbonyl (C=O) groups excluding carboxylic acids is 2. The molecule has 9 heteroatoms. The van der Waals surface area contributed by atoms with Gasteiger partial charge in [0.1, 0.15) is 11.8 Å². The van der Waals surface area contributed by atoms with Crippen molar-refractivity contribution in [3.05, 3.63) is 161 Å². The Morgan fingerprint density at radius 3 is 2.00 bits per heavy atom. The second-order valence-electron chi connectivity index (χ2n) is 12.5. The smallest absolute Gasteiger partial charge is 0.246 e. The predicted molar refractivity (Wildman–Crippen MR) is 205 cm³/mol. The molecule has 51 heavy (non-hydrogen) atoms. The van der Waals surface area contributed by atoms with Gasteiger partial charge in [-0.3, -0.25) is 9.59 Å². The van der Waals surface area contributed by atoms with Crippen molar-refractivity contribution in [3.63, 3.8) is 0 Å². The van der Waals surface area contributed by atoms with E-state index in [2.05, 4.69) is 64.1 Å². The molecule has 0 fully saturated rings. The molecule has 5 N–H and O–H groups in total. The number of anilines is 2. The highest BCUT2D eigenvalue weighted by molar-refractivity contribution is 6.30. The molecule has 0 aliphatic heterocycles. The number of aliphatic hydroxyl groups excluding tert-OH is 1. The monoisotopic (exact) mass is 704 g/mol. The average molecular weight is 705 g/mol. The molecular weight excluding hydrogens is 660 g/mol. The highest BCUT2D eigenvalue weighted by Crippen LogP contribution is 2.34. The van der Waals surface area contributed by atoms with Crippen molar-refractivity contribution in [1.29, 1.82) is 0 Å². The van der Waals surface area contributed by atoms with Crippen LogP contribution in [0, 0.1) is 0 Å². The molecular formula is C42H45ClN4O4. The third-order valence-corrected chi connectivity index (χ3v) is 9.08. The number of hydrogen-bond donors (Lipinski definition) is 4. The van der Waals surface area contributed by atoms with E-state index in [0.29, 0.717) is 36.5 Å². The van der Waals surface area contributed by atoms with Gasteiger partial charge in [-0.1, -0.05) is 96.5 Å². The van der Waals surface area contributed by atoms with Gasteiger partial charge in [0.25, 0.3) is 0 Å². The van der Waals surface area contributed by atoms with Crippen LogP contribution >= 0.6 is 11.6 Å². The maximum Gasteiger partial charge on any atom is 0.246 e. The lowest BCUT2D eigenvalue weighted by atomic mass is 9.95. The number of unbranched alkanes of at least 4 members (excludes halogenated alkanes) is 1. The van der Waals surface area contributed by atoms with Gasteiger partial charge < -0.3 is 31.1 Å². The highest BCUT2D eigenvalue weighted by atomic mass is 35.5. The topological polar surface area (TPSA) is 117 Å². The first-order valence-electron chi connectivity index (χ1n) is 17.2. The molecule has 0 spiro atoms. The van der Waals surface area contributed by atoms with Crippen LogP contribution in [0.15, 0.2) is 133 Å². The average Bonchev–Trinajstić information content (AvgIpc) is 3.17. The minimum Gasteiger partial charge on any atom is -0.497 e. The van der Waals surface area contributed by atoms with Crippen LogP contribution in [-0.2, 0) is 22.6 Å². The molecule has 0 saturated carbocycles. The van der Waals surface area contributed by atoms with Gasteiger partial charge in [0, 0.05) is 22.9 Å². The first-order chi connectivity index (χ1) is 24.8. The zero-order chi connectivity index (χ0) is 36.0. The van der Waals surface area contributed by atoms with Gasteiger partial charge in [-0.25, -0.2) is 0 Å². The molecule has 0 saturated heterocycles. The van der Waals surface area contributed by atoms with E-state index in [1.165, 1.54) is 0 Å². The van der Waals surface area contributed by atoms with Gasteiger partial charge in [0.05, 0.1) is 25.8 Å². The number of nitrogens with zero attached hydrogens (tertiary/aromatic N) is 1. The minimum absolute atomic E-state index is 0.0777. The molecule has 0 heterocycles. The molecule has 2 amide bonds. The molecule has 0 aliphatic carbocycles. The van der Waals surface area contributed by atoms with Crippen LogP contribution in [0.2, 0.25) is 5.02 Å². The number of nitrogens with two attached hydrogens (primary N) is 1. The summed E-state index contributed by atoms with van der Waals surface area (Å²) in [7, 11) is 1.66. The number of nitrogens with one attached hydrogen (secondary N) is 2. The molecule has 8 nitrogen and oxygen atoms in total. The number of amides is 2. The van der Waals surface area contributed by atoms with Gasteiger partial charge in [0.15, 0.2) is 0 Å². The molecule has 0 bridgehead atoms. The summed E-state index contributed by atoms with van der Waals surface area (Å²) >= 11 is 6.03. The number of benzene rings is 5. The van der Waals surface area contributed by atoms with Gasteiger partial charge in [-0.05, 0) is 96.5 Å². The third kappa shape index (κ3) is 10.7. The molecule has 5 aromatic rings. The number of carbonyl (C=O) groups is 2. The van der Waals surface area contributed by atoms with E-state index in [1.807, 2.05) is 48.5 Å². The molecule has 5 rings (SSSR count). The summed E-state index contributed by atoms with van der Waals surface area (Å²) in [6, 6.07) is 41.3. The summed E-state index contributed by atoms with van der Waals surface area (Å²) < 4.78 is 5.45. The van der Waals surface area contributed by atoms with Gasteiger partial charge >= 0.3 is 0 Å². The van der Waals surface area contributed by atoms with Crippen molar-refractivity contribution >= 4 is 34.8 Å². The van der Waals surface area contributed by atoms with E-state index in [-0.39, 0.29) is 18.6 Å². The number of halogens is 1. The molecule has 0 aliphatic rings. The summed E-state index contributed by atoms with van der Waals surface area (Å²) in [4.78, 5) is 29.4. The lowest BCUT2D eigenvalue weighted by Gasteiger charge is -2.35. The first-order valence-corrected chi connectivity index (χ1v) is 17.5. The van der Waals surface area contributed by atoms with Crippen molar-refractivity contribution in [2.75, 3.05) is 23.9 Å². The summed E-state index contributed by atoms with van der Waals surface area (Å²) in [5.41, 5.74) is 11.9. The maximum absolute atomic E-state index is 13.6. The largest absolute Gasteiger partial charge is 0.497 e. The van der Waals surface area contributed by atoms with Crippen molar-refractivity contribution in [1.82, 2.24) is 5.32 Å². The number of aliphatic hydroxyl groups is 1. The maximum atomic E-state index is 13.6. The number of ether oxygens (including phenoxy) is 1. The Kier molecular flexibility index (Phi) is 13.6. The van der Waals surface area contributed by atoms with E-state index in [0.717, 1.165) is 40.1 Å². The van der Waals surface area contributed by atoms with Crippen LogP contribution in [0.1, 0.15) is 47.6 Å². The minimum atomic E-state index is -0.852. The Morgan fingerprint density at radius 1 is 0.765 bits per heavy atom. The van der Waals surface area contributed by atoms with Crippen LogP contribution in [0.3, 0.4) is 0 Å². The molecule has 264 valence electrons. The standard InChI is InChI=1S/C42H45ClN4O4/c1-51-37-25-19-33(20-26-37)40(32-10-4-2-5-11-32)47(36-12-6-3-7-13-36)27-9-8-14-39(42(50)45-35-23-17-31(29-48)18-24-35)46-41(49)38(44)28-30-15-21-34(43)22-16-30/h2-7,10-13,15-26,38-40,48H,8-9,14,27-29,44H2,1H3,(H,45,50)(H,46,49). The van der Waals surface area contributed by atoms with Crippen molar-refractivity contribution in [3.8, 4) is 5.75 Å². The van der Waals surface area contributed by atoms with E-state index in [9.17, 15) is 14.7 Å². The highest BCUT2D eigenvalue weighted by Gasteiger charge is 2.26. The Balaban J connectivity index is 1.33. The number of rotatable bonds is 17. The van der Waals surface area contributed by atoms with Gasteiger partial charge in [-0.2, -0.15) is 0 Å².